The number of aliphatic carboxylic acids is 1. The molecule has 0 aliphatic rings. The van der Waals surface area contributed by atoms with Crippen LogP contribution < -0.4 is 5.32 Å². The number of nitrogens with one attached hydrogen (secondary N) is 1. The molecule has 2 aromatic rings. The molecule has 0 fully saturated rings. The molecule has 2 N–H and O–H groups in total. The maximum atomic E-state index is 11.4. The highest BCUT2D eigenvalue weighted by Gasteiger charge is 2.19. The van der Waals surface area contributed by atoms with Crippen LogP contribution in [-0.2, 0) is 4.79 Å². The Balaban J connectivity index is 2.10. The maximum Gasteiger partial charge on any atom is 0.312 e. The molecule has 0 heterocycles. The first-order chi connectivity index (χ1) is 9.58. The third-order valence-corrected chi connectivity index (χ3v) is 4.06. The third-order valence-electron chi connectivity index (χ3n) is 3.17. The summed E-state index contributed by atoms with van der Waals surface area (Å²) in [6.07, 6.45) is 0. The van der Waals surface area contributed by atoms with Crippen LogP contribution in [0.5, 0.6) is 0 Å². The molecule has 0 aliphatic heterocycles. The van der Waals surface area contributed by atoms with E-state index in [2.05, 4.69) is 21.2 Å². The lowest BCUT2D eigenvalue weighted by molar-refractivity contribution is -0.138. The summed E-state index contributed by atoms with van der Waals surface area (Å²) in [6, 6.07) is 15.2. The van der Waals surface area contributed by atoms with Gasteiger partial charge >= 0.3 is 5.97 Å². The van der Waals surface area contributed by atoms with E-state index in [4.69, 9.17) is 0 Å². The largest absolute Gasteiger partial charge is 0.481 e. The number of carboxylic acid groups (broad SMARTS) is 1. The maximum absolute atomic E-state index is 11.4. The SMILES string of the molecule is Cc1cc(NCC(C(=O)O)c2ccccc2)ccc1Br. The normalized spacial score (nSPS) is 11.9. The Kier molecular flexibility index (Phi) is 4.79. The number of rotatable bonds is 5. The zero-order valence-electron chi connectivity index (χ0n) is 11.1. The van der Waals surface area contributed by atoms with E-state index in [1.54, 1.807) is 0 Å². The van der Waals surface area contributed by atoms with Crippen LogP contribution in [0.4, 0.5) is 5.69 Å². The molecule has 4 heteroatoms. The van der Waals surface area contributed by atoms with E-state index >= 15 is 0 Å². The van der Waals surface area contributed by atoms with Crippen LogP contribution in [0.3, 0.4) is 0 Å². The smallest absolute Gasteiger partial charge is 0.312 e. The summed E-state index contributed by atoms with van der Waals surface area (Å²) >= 11 is 3.45. The van der Waals surface area contributed by atoms with Crippen molar-refractivity contribution >= 4 is 27.6 Å². The molecule has 0 amide bonds. The molecule has 20 heavy (non-hydrogen) atoms. The van der Waals surface area contributed by atoms with Crippen molar-refractivity contribution in [1.82, 2.24) is 0 Å². The number of aryl methyl sites for hydroxylation is 1. The number of hydrogen-bond acceptors (Lipinski definition) is 2. The fraction of sp³-hybridized carbons (Fsp3) is 0.188. The Hall–Kier alpha value is -1.81. The van der Waals surface area contributed by atoms with Crippen molar-refractivity contribution in [3.63, 3.8) is 0 Å². The Morgan fingerprint density at radius 2 is 1.95 bits per heavy atom. The lowest BCUT2D eigenvalue weighted by atomic mass is 9.99. The van der Waals surface area contributed by atoms with Crippen LogP contribution in [0.2, 0.25) is 0 Å². The minimum absolute atomic E-state index is 0.362. The van der Waals surface area contributed by atoms with Gasteiger partial charge in [-0.15, -0.1) is 0 Å². The lowest BCUT2D eigenvalue weighted by Gasteiger charge is -2.15. The van der Waals surface area contributed by atoms with Gasteiger partial charge < -0.3 is 10.4 Å². The van der Waals surface area contributed by atoms with Crippen LogP contribution in [0, 0.1) is 6.92 Å². The van der Waals surface area contributed by atoms with E-state index in [0.717, 1.165) is 21.3 Å². The summed E-state index contributed by atoms with van der Waals surface area (Å²) in [5.74, 6) is -1.38. The zero-order chi connectivity index (χ0) is 14.5. The molecule has 3 nitrogen and oxygen atoms in total. The number of carbonyl (C=O) groups is 1. The standard InChI is InChI=1S/C16H16BrNO2/c1-11-9-13(7-8-15(11)17)18-10-14(16(19)20)12-5-3-2-4-6-12/h2-9,14,18H,10H2,1H3,(H,19,20). The molecule has 0 bridgehead atoms. The molecule has 0 saturated carbocycles. The van der Waals surface area contributed by atoms with Crippen molar-refractivity contribution in [2.24, 2.45) is 0 Å². The second kappa shape index (κ2) is 6.57. The van der Waals surface area contributed by atoms with Gasteiger partial charge in [-0.3, -0.25) is 4.79 Å². The first-order valence-electron chi connectivity index (χ1n) is 6.35. The Morgan fingerprint density at radius 1 is 1.25 bits per heavy atom. The average molecular weight is 334 g/mol. The summed E-state index contributed by atoms with van der Waals surface area (Å²) in [4.78, 5) is 11.4. The highest BCUT2D eigenvalue weighted by molar-refractivity contribution is 9.10. The molecule has 0 radical (unpaired) electrons. The fourth-order valence-electron chi connectivity index (χ4n) is 2.01. The number of anilines is 1. The van der Waals surface area contributed by atoms with Crippen molar-refractivity contribution in [2.75, 3.05) is 11.9 Å². The van der Waals surface area contributed by atoms with Crippen molar-refractivity contribution in [2.45, 2.75) is 12.8 Å². The van der Waals surface area contributed by atoms with Crippen LogP contribution in [0.15, 0.2) is 53.0 Å². The van der Waals surface area contributed by atoms with Gasteiger partial charge in [-0.2, -0.15) is 0 Å². The van der Waals surface area contributed by atoms with Gasteiger partial charge in [-0.25, -0.2) is 0 Å². The number of hydrogen-bond donors (Lipinski definition) is 2. The van der Waals surface area contributed by atoms with Crippen LogP contribution in [-0.4, -0.2) is 17.6 Å². The van der Waals surface area contributed by atoms with Gasteiger partial charge in [0.05, 0.1) is 5.92 Å². The molecule has 1 unspecified atom stereocenters. The highest BCUT2D eigenvalue weighted by Crippen LogP contribution is 2.22. The molecule has 0 spiro atoms. The second-order valence-electron chi connectivity index (χ2n) is 4.65. The van der Waals surface area contributed by atoms with E-state index in [-0.39, 0.29) is 0 Å². The molecule has 2 aromatic carbocycles. The quantitative estimate of drug-likeness (QED) is 0.868. The zero-order valence-corrected chi connectivity index (χ0v) is 12.7. The molecule has 104 valence electrons. The first-order valence-corrected chi connectivity index (χ1v) is 7.15. The number of carboxylic acids is 1. The van der Waals surface area contributed by atoms with Gasteiger partial charge in [0.15, 0.2) is 0 Å². The van der Waals surface area contributed by atoms with E-state index < -0.39 is 11.9 Å². The van der Waals surface area contributed by atoms with Crippen LogP contribution in [0.1, 0.15) is 17.0 Å². The van der Waals surface area contributed by atoms with Crippen molar-refractivity contribution in [3.8, 4) is 0 Å². The van der Waals surface area contributed by atoms with Crippen LogP contribution >= 0.6 is 15.9 Å². The van der Waals surface area contributed by atoms with Gasteiger partial charge in [0, 0.05) is 16.7 Å². The molecule has 2 rings (SSSR count). The third kappa shape index (κ3) is 3.61. The fourth-order valence-corrected chi connectivity index (χ4v) is 2.25. The van der Waals surface area contributed by atoms with Gasteiger partial charge in [0.2, 0.25) is 0 Å². The first kappa shape index (κ1) is 14.6. The Labute approximate surface area is 126 Å². The highest BCUT2D eigenvalue weighted by atomic mass is 79.9. The van der Waals surface area contributed by atoms with Crippen molar-refractivity contribution < 1.29 is 9.90 Å². The Bertz CT molecular complexity index is 599. The number of halogens is 1. The minimum atomic E-state index is -0.822. The van der Waals surface area contributed by atoms with Gasteiger partial charge in [0.25, 0.3) is 0 Å². The number of benzene rings is 2. The van der Waals surface area contributed by atoms with Crippen molar-refractivity contribution in [3.05, 3.63) is 64.1 Å². The summed E-state index contributed by atoms with van der Waals surface area (Å²) in [7, 11) is 0. The summed E-state index contributed by atoms with van der Waals surface area (Å²) in [5, 5.41) is 12.5. The van der Waals surface area contributed by atoms with Crippen LogP contribution in [0.25, 0.3) is 0 Å². The summed E-state index contributed by atoms with van der Waals surface area (Å²) in [5.41, 5.74) is 2.84. The molecule has 1 atom stereocenters. The van der Waals surface area contributed by atoms with Gasteiger partial charge in [0.1, 0.15) is 0 Å². The topological polar surface area (TPSA) is 49.3 Å². The van der Waals surface area contributed by atoms with Crippen molar-refractivity contribution in [1.29, 1.82) is 0 Å². The Morgan fingerprint density at radius 3 is 2.55 bits per heavy atom. The van der Waals surface area contributed by atoms with Gasteiger partial charge in [-0.1, -0.05) is 46.3 Å². The summed E-state index contributed by atoms with van der Waals surface area (Å²) in [6.45, 7) is 2.36. The predicted octanol–water partition coefficient (Wildman–Crippen LogP) is 4.04. The minimum Gasteiger partial charge on any atom is -0.481 e. The molecular formula is C16H16BrNO2. The van der Waals surface area contributed by atoms with E-state index in [0.29, 0.717) is 6.54 Å². The molecular weight excluding hydrogens is 318 g/mol. The molecule has 0 aliphatic carbocycles. The second-order valence-corrected chi connectivity index (χ2v) is 5.50. The molecule has 0 aromatic heterocycles. The monoisotopic (exact) mass is 333 g/mol. The van der Waals surface area contributed by atoms with E-state index in [1.807, 2.05) is 55.5 Å². The van der Waals surface area contributed by atoms with E-state index in [9.17, 15) is 9.90 Å². The predicted molar refractivity (Wildman–Crippen MR) is 84.2 cm³/mol. The average Bonchev–Trinajstić information content (AvgIpc) is 2.44. The van der Waals surface area contributed by atoms with E-state index in [1.165, 1.54) is 0 Å². The lowest BCUT2D eigenvalue weighted by Crippen LogP contribution is -2.20. The van der Waals surface area contributed by atoms with Gasteiger partial charge in [-0.05, 0) is 36.2 Å². The summed E-state index contributed by atoms with van der Waals surface area (Å²) < 4.78 is 1.04. The molecule has 0 saturated heterocycles.